The SMILES string of the molecule is I.N#Cc1c(N)n[nH]c1CCCN=C(N)Nc1ccc(OC(F)(F)F)cc1. The van der Waals surface area contributed by atoms with Crippen LogP contribution in [0.1, 0.15) is 17.7 Å². The largest absolute Gasteiger partial charge is 0.573 e. The van der Waals surface area contributed by atoms with E-state index < -0.39 is 6.36 Å². The van der Waals surface area contributed by atoms with Crippen LogP contribution in [0, 0.1) is 11.3 Å². The van der Waals surface area contributed by atoms with Gasteiger partial charge >= 0.3 is 6.36 Å². The normalized spacial score (nSPS) is 11.4. The molecular formula is C15H17F3IN7O. The van der Waals surface area contributed by atoms with Crippen molar-refractivity contribution in [3.63, 3.8) is 0 Å². The van der Waals surface area contributed by atoms with Gasteiger partial charge in [-0.05, 0) is 37.1 Å². The number of hydrogen-bond acceptors (Lipinski definition) is 5. The van der Waals surface area contributed by atoms with Crippen molar-refractivity contribution in [2.24, 2.45) is 10.7 Å². The van der Waals surface area contributed by atoms with E-state index in [9.17, 15) is 13.2 Å². The molecule has 2 aromatic rings. The number of anilines is 2. The summed E-state index contributed by atoms with van der Waals surface area (Å²) in [7, 11) is 0. The van der Waals surface area contributed by atoms with Crippen LogP contribution < -0.4 is 21.5 Å². The third kappa shape index (κ3) is 7.21. The number of nitrogens with zero attached hydrogens (tertiary/aromatic N) is 3. The highest BCUT2D eigenvalue weighted by atomic mass is 127. The number of halogens is 4. The molecule has 0 saturated carbocycles. The van der Waals surface area contributed by atoms with Crippen molar-refractivity contribution in [1.82, 2.24) is 10.2 Å². The van der Waals surface area contributed by atoms with Crippen LogP contribution in [-0.2, 0) is 6.42 Å². The fourth-order valence-corrected chi connectivity index (χ4v) is 2.08. The Hall–Kier alpha value is -2.69. The number of nitrogens with two attached hydrogens (primary N) is 2. The van der Waals surface area contributed by atoms with Crippen LogP contribution in [0.5, 0.6) is 5.75 Å². The maximum atomic E-state index is 12.1. The maximum absolute atomic E-state index is 12.1. The zero-order valence-electron chi connectivity index (χ0n) is 13.9. The first kappa shape index (κ1) is 22.4. The van der Waals surface area contributed by atoms with Crippen molar-refractivity contribution < 1.29 is 17.9 Å². The van der Waals surface area contributed by atoms with Gasteiger partial charge in [-0.15, -0.1) is 37.1 Å². The van der Waals surface area contributed by atoms with E-state index in [2.05, 4.69) is 25.2 Å². The Morgan fingerprint density at radius 1 is 1.33 bits per heavy atom. The van der Waals surface area contributed by atoms with E-state index in [0.717, 1.165) is 12.1 Å². The molecule has 0 saturated heterocycles. The fraction of sp³-hybridized carbons (Fsp3) is 0.267. The predicted molar refractivity (Wildman–Crippen MR) is 105 cm³/mol. The molecule has 0 unspecified atom stereocenters. The van der Waals surface area contributed by atoms with Gasteiger partial charge in [0.2, 0.25) is 0 Å². The van der Waals surface area contributed by atoms with Crippen molar-refractivity contribution in [3.8, 4) is 11.8 Å². The third-order valence-electron chi connectivity index (χ3n) is 3.21. The summed E-state index contributed by atoms with van der Waals surface area (Å²) >= 11 is 0. The maximum Gasteiger partial charge on any atom is 0.573 e. The Morgan fingerprint density at radius 2 is 2.00 bits per heavy atom. The van der Waals surface area contributed by atoms with Gasteiger partial charge in [0.25, 0.3) is 0 Å². The summed E-state index contributed by atoms with van der Waals surface area (Å²) in [5.74, 6) is -0.0602. The molecule has 1 heterocycles. The fourth-order valence-electron chi connectivity index (χ4n) is 2.08. The molecule has 0 amide bonds. The van der Waals surface area contributed by atoms with Crippen LogP contribution in [0.2, 0.25) is 0 Å². The Balaban J connectivity index is 0.00000364. The van der Waals surface area contributed by atoms with E-state index >= 15 is 0 Å². The molecular weight excluding hydrogens is 478 g/mol. The second-order valence-electron chi connectivity index (χ2n) is 5.14. The van der Waals surface area contributed by atoms with Crippen LogP contribution in [0.15, 0.2) is 29.3 Å². The lowest BCUT2D eigenvalue weighted by molar-refractivity contribution is -0.274. The molecule has 0 radical (unpaired) electrons. The summed E-state index contributed by atoms with van der Waals surface area (Å²) in [6, 6.07) is 7.07. The van der Waals surface area contributed by atoms with Gasteiger partial charge in [0, 0.05) is 12.2 Å². The summed E-state index contributed by atoms with van der Waals surface area (Å²) in [5.41, 5.74) is 12.7. The van der Waals surface area contributed by atoms with Gasteiger partial charge in [-0.2, -0.15) is 10.4 Å². The number of benzene rings is 1. The number of hydrogen-bond donors (Lipinski definition) is 4. The molecule has 8 nitrogen and oxygen atoms in total. The zero-order chi connectivity index (χ0) is 19.2. The van der Waals surface area contributed by atoms with Crippen LogP contribution >= 0.6 is 24.0 Å². The first-order valence-corrected chi connectivity index (χ1v) is 7.44. The molecule has 0 aliphatic heterocycles. The Morgan fingerprint density at radius 3 is 2.59 bits per heavy atom. The van der Waals surface area contributed by atoms with Crippen molar-refractivity contribution in [2.75, 3.05) is 17.6 Å². The lowest BCUT2D eigenvalue weighted by atomic mass is 10.1. The van der Waals surface area contributed by atoms with E-state index in [1.54, 1.807) is 0 Å². The molecule has 0 fully saturated rings. The summed E-state index contributed by atoms with van der Waals surface area (Å²) in [5, 5.41) is 18.2. The molecule has 27 heavy (non-hydrogen) atoms. The smallest absolute Gasteiger partial charge is 0.406 e. The number of aromatic amines is 1. The quantitative estimate of drug-likeness (QED) is 0.211. The highest BCUT2D eigenvalue weighted by Crippen LogP contribution is 2.23. The average Bonchev–Trinajstić information content (AvgIpc) is 2.92. The van der Waals surface area contributed by atoms with Gasteiger partial charge in [0.05, 0.1) is 5.69 Å². The lowest BCUT2D eigenvalue weighted by Crippen LogP contribution is -2.23. The van der Waals surface area contributed by atoms with E-state index in [1.807, 2.05) is 6.07 Å². The Bertz CT molecular complexity index is 812. The lowest BCUT2D eigenvalue weighted by Gasteiger charge is -2.10. The summed E-state index contributed by atoms with van der Waals surface area (Å²) in [4.78, 5) is 4.10. The average molecular weight is 495 g/mol. The molecule has 0 aliphatic rings. The van der Waals surface area contributed by atoms with Crippen molar-refractivity contribution in [1.29, 1.82) is 5.26 Å². The highest BCUT2D eigenvalue weighted by molar-refractivity contribution is 14.0. The van der Waals surface area contributed by atoms with Gasteiger partial charge in [-0.3, -0.25) is 10.1 Å². The molecule has 1 aromatic heterocycles. The molecule has 0 atom stereocenters. The van der Waals surface area contributed by atoms with Gasteiger partial charge in [0.1, 0.15) is 17.4 Å². The topological polar surface area (TPSA) is 138 Å². The van der Waals surface area contributed by atoms with E-state index in [-0.39, 0.29) is 41.5 Å². The molecule has 0 spiro atoms. The van der Waals surface area contributed by atoms with Crippen LogP contribution in [-0.4, -0.2) is 29.1 Å². The van der Waals surface area contributed by atoms with Crippen molar-refractivity contribution in [3.05, 3.63) is 35.5 Å². The number of nitrogen functional groups attached to an aromatic ring is 1. The highest BCUT2D eigenvalue weighted by Gasteiger charge is 2.30. The van der Waals surface area contributed by atoms with E-state index in [0.29, 0.717) is 36.3 Å². The number of ether oxygens (including phenoxy) is 1. The number of guanidine groups is 1. The first-order valence-electron chi connectivity index (χ1n) is 7.44. The number of aryl methyl sites for hydroxylation is 1. The number of nitriles is 1. The monoisotopic (exact) mass is 495 g/mol. The summed E-state index contributed by atoms with van der Waals surface area (Å²) in [6.45, 7) is 0.373. The molecule has 1 aromatic carbocycles. The number of aromatic nitrogens is 2. The van der Waals surface area contributed by atoms with E-state index in [1.165, 1.54) is 12.1 Å². The zero-order valence-corrected chi connectivity index (χ0v) is 16.2. The van der Waals surface area contributed by atoms with Gasteiger partial charge in [-0.25, -0.2) is 0 Å². The van der Waals surface area contributed by atoms with Crippen LogP contribution in [0.4, 0.5) is 24.7 Å². The second-order valence-corrected chi connectivity index (χ2v) is 5.14. The second kappa shape index (κ2) is 9.86. The number of alkyl halides is 3. The molecule has 2 rings (SSSR count). The molecule has 12 heteroatoms. The number of H-pyrrole nitrogens is 1. The first-order chi connectivity index (χ1) is 12.3. The minimum Gasteiger partial charge on any atom is -0.406 e. The third-order valence-corrected chi connectivity index (χ3v) is 3.21. The standard InChI is InChI=1S/C15H16F3N7O.HI/c16-15(17,18)26-10-5-3-9(4-6-10)23-14(21)22-7-1-2-12-11(8-19)13(20)25-24-12;/h3-6H,1-2,7H2,(H3,20,24,25)(H3,21,22,23);1H. The van der Waals surface area contributed by atoms with Crippen LogP contribution in [0.3, 0.4) is 0 Å². The number of rotatable bonds is 6. The Kier molecular flexibility index (Phi) is 8.16. The molecule has 0 aliphatic carbocycles. The van der Waals surface area contributed by atoms with Crippen molar-refractivity contribution in [2.45, 2.75) is 19.2 Å². The molecule has 146 valence electrons. The van der Waals surface area contributed by atoms with Crippen LogP contribution in [0.25, 0.3) is 0 Å². The number of aliphatic imine (C=N–C) groups is 1. The summed E-state index contributed by atoms with van der Waals surface area (Å²) in [6.07, 6.45) is -3.62. The molecule has 0 bridgehead atoms. The number of nitrogens with one attached hydrogen (secondary N) is 2. The molecule has 6 N–H and O–H groups in total. The summed E-state index contributed by atoms with van der Waals surface area (Å²) < 4.78 is 40.0. The predicted octanol–water partition coefficient (Wildman–Crippen LogP) is 2.74. The van der Waals surface area contributed by atoms with Gasteiger partial charge in [0.15, 0.2) is 11.8 Å². The van der Waals surface area contributed by atoms with Gasteiger partial charge < -0.3 is 21.5 Å². The minimum absolute atomic E-state index is 0. The van der Waals surface area contributed by atoms with Crippen molar-refractivity contribution >= 4 is 41.4 Å². The van der Waals surface area contributed by atoms with Gasteiger partial charge in [-0.1, -0.05) is 0 Å². The minimum atomic E-state index is -4.74. The Labute approximate surface area is 169 Å². The van der Waals surface area contributed by atoms with E-state index in [4.69, 9.17) is 16.7 Å².